The molecule has 1 saturated carbocycles. The summed E-state index contributed by atoms with van der Waals surface area (Å²) < 4.78 is 45.0. The molecule has 1 aromatic heterocycles. The van der Waals surface area contributed by atoms with Crippen LogP contribution in [0, 0.1) is 5.92 Å². The Kier molecular flexibility index (Phi) is 5.77. The minimum Gasteiger partial charge on any atom is -0.383 e. The van der Waals surface area contributed by atoms with Crippen LogP contribution in [0.2, 0.25) is 0 Å². The Morgan fingerprint density at radius 1 is 1.12 bits per heavy atom. The highest BCUT2D eigenvalue weighted by atomic mass is 19.4. The highest BCUT2D eigenvalue weighted by Gasteiger charge is 2.35. The Labute approximate surface area is 151 Å². The lowest BCUT2D eigenvalue weighted by molar-refractivity contribution is -0.136. The van der Waals surface area contributed by atoms with Gasteiger partial charge in [-0.05, 0) is 42.7 Å². The average molecular weight is 367 g/mol. The monoisotopic (exact) mass is 367 g/mol. The minimum absolute atomic E-state index is 0.0559. The molecule has 2 aromatic rings. The fourth-order valence-corrected chi connectivity index (χ4v) is 4.02. The van der Waals surface area contributed by atoms with Gasteiger partial charge in [-0.15, -0.1) is 0 Å². The molecule has 1 aliphatic carbocycles. The molecular formula is C19H24F3N3O. The zero-order chi connectivity index (χ0) is 18.7. The highest BCUT2D eigenvalue weighted by Crippen LogP contribution is 2.41. The summed E-state index contributed by atoms with van der Waals surface area (Å²) in [4.78, 5) is 8.24. The molecule has 0 bridgehead atoms. The van der Waals surface area contributed by atoms with Crippen LogP contribution < -0.4 is 5.32 Å². The first-order valence-corrected chi connectivity index (χ1v) is 8.93. The topological polar surface area (TPSA) is 47.0 Å². The molecular weight excluding hydrogens is 343 g/mol. The third-order valence-corrected chi connectivity index (χ3v) is 5.08. The number of halogens is 3. The number of nitrogens with one attached hydrogen (secondary N) is 1. The van der Waals surface area contributed by atoms with E-state index in [1.54, 1.807) is 13.2 Å². The van der Waals surface area contributed by atoms with Gasteiger partial charge >= 0.3 is 6.18 Å². The van der Waals surface area contributed by atoms with Crippen molar-refractivity contribution in [2.75, 3.05) is 20.3 Å². The summed E-state index contributed by atoms with van der Waals surface area (Å²) >= 11 is 0. The van der Waals surface area contributed by atoms with Crippen LogP contribution in [0.15, 0.2) is 24.5 Å². The van der Waals surface area contributed by atoms with Crippen molar-refractivity contribution in [3.05, 3.63) is 35.7 Å². The van der Waals surface area contributed by atoms with Crippen LogP contribution >= 0.6 is 0 Å². The summed E-state index contributed by atoms with van der Waals surface area (Å²) in [6.07, 6.45) is 1.23. The van der Waals surface area contributed by atoms with Crippen molar-refractivity contribution in [1.29, 1.82) is 0 Å². The Morgan fingerprint density at radius 2 is 1.85 bits per heavy atom. The molecule has 3 rings (SSSR count). The number of benzene rings is 1. The second-order valence-electron chi connectivity index (χ2n) is 7.11. The number of fused-ring (bicyclic) bond motifs is 1. The second-order valence-corrected chi connectivity index (χ2v) is 7.11. The molecule has 0 saturated heterocycles. The van der Waals surface area contributed by atoms with Gasteiger partial charge in [-0.3, -0.25) is 9.97 Å². The Bertz CT molecular complexity index is 750. The van der Waals surface area contributed by atoms with E-state index in [2.05, 4.69) is 22.2 Å². The van der Waals surface area contributed by atoms with E-state index in [4.69, 9.17) is 4.74 Å². The lowest BCUT2D eigenvalue weighted by Crippen LogP contribution is -2.38. The van der Waals surface area contributed by atoms with Gasteiger partial charge in [0.15, 0.2) is 0 Å². The Morgan fingerprint density at radius 3 is 2.54 bits per heavy atom. The standard InChI is InChI=1S/C19H24F3N3O/c1-12-9-13(11-14(10-12)23-7-8-26-2)15-3-4-16(19(20,21)22)18-17(15)24-5-6-25-18/h3-6,12-14,23H,7-11H2,1-2H3/t12-,13-,14-/m0/s1. The van der Waals surface area contributed by atoms with E-state index < -0.39 is 11.7 Å². The molecule has 1 N–H and O–H groups in total. The number of methoxy groups -OCH3 is 1. The van der Waals surface area contributed by atoms with Crippen molar-refractivity contribution >= 4 is 11.0 Å². The maximum absolute atomic E-state index is 13.3. The molecule has 1 heterocycles. The van der Waals surface area contributed by atoms with Crippen LogP contribution in [0.25, 0.3) is 11.0 Å². The van der Waals surface area contributed by atoms with E-state index in [0.29, 0.717) is 24.1 Å². The number of rotatable bonds is 5. The maximum Gasteiger partial charge on any atom is 0.418 e. The summed E-state index contributed by atoms with van der Waals surface area (Å²) in [5, 5.41) is 3.50. The number of nitrogens with zero attached hydrogens (tertiary/aromatic N) is 2. The molecule has 4 nitrogen and oxygen atoms in total. The normalized spacial score (nSPS) is 24.1. The summed E-state index contributed by atoms with van der Waals surface area (Å²) in [5.74, 6) is 0.656. The molecule has 0 amide bonds. The molecule has 0 spiro atoms. The number of aromatic nitrogens is 2. The van der Waals surface area contributed by atoms with E-state index in [0.717, 1.165) is 37.4 Å². The van der Waals surface area contributed by atoms with Crippen molar-refractivity contribution in [1.82, 2.24) is 15.3 Å². The molecule has 1 fully saturated rings. The van der Waals surface area contributed by atoms with Gasteiger partial charge in [-0.1, -0.05) is 13.0 Å². The zero-order valence-corrected chi connectivity index (χ0v) is 15.0. The number of ether oxygens (including phenoxy) is 1. The number of hydrogen-bond acceptors (Lipinski definition) is 4. The fraction of sp³-hybridized carbons (Fsp3) is 0.579. The molecule has 1 aliphatic rings. The predicted octanol–water partition coefficient (Wildman–Crippen LogP) is 4.16. The van der Waals surface area contributed by atoms with Crippen LogP contribution in [0.3, 0.4) is 0 Å². The summed E-state index contributed by atoms with van der Waals surface area (Å²) in [6, 6.07) is 3.07. The average Bonchev–Trinajstić information content (AvgIpc) is 2.59. The lowest BCUT2D eigenvalue weighted by Gasteiger charge is -2.34. The van der Waals surface area contributed by atoms with Gasteiger partial charge in [-0.2, -0.15) is 13.2 Å². The number of alkyl halides is 3. The van der Waals surface area contributed by atoms with Crippen molar-refractivity contribution < 1.29 is 17.9 Å². The van der Waals surface area contributed by atoms with Crippen molar-refractivity contribution in [2.24, 2.45) is 5.92 Å². The van der Waals surface area contributed by atoms with Gasteiger partial charge in [0.25, 0.3) is 0 Å². The smallest absolute Gasteiger partial charge is 0.383 e. The molecule has 142 valence electrons. The Balaban J connectivity index is 1.92. The third-order valence-electron chi connectivity index (χ3n) is 5.08. The van der Waals surface area contributed by atoms with Gasteiger partial charge in [0.1, 0.15) is 5.52 Å². The van der Waals surface area contributed by atoms with Crippen LogP contribution in [0.5, 0.6) is 0 Å². The first kappa shape index (κ1) is 19.0. The largest absolute Gasteiger partial charge is 0.418 e. The predicted molar refractivity (Wildman–Crippen MR) is 94.0 cm³/mol. The molecule has 0 aliphatic heterocycles. The molecule has 26 heavy (non-hydrogen) atoms. The molecule has 3 atom stereocenters. The van der Waals surface area contributed by atoms with Gasteiger partial charge < -0.3 is 10.1 Å². The van der Waals surface area contributed by atoms with Gasteiger partial charge in [0.05, 0.1) is 17.7 Å². The van der Waals surface area contributed by atoms with E-state index in [9.17, 15) is 13.2 Å². The van der Waals surface area contributed by atoms with Crippen molar-refractivity contribution in [3.63, 3.8) is 0 Å². The van der Waals surface area contributed by atoms with E-state index >= 15 is 0 Å². The minimum atomic E-state index is -4.43. The lowest BCUT2D eigenvalue weighted by atomic mass is 9.75. The Hall–Kier alpha value is -1.73. The molecule has 7 heteroatoms. The van der Waals surface area contributed by atoms with Gasteiger partial charge in [-0.25, -0.2) is 0 Å². The maximum atomic E-state index is 13.3. The van der Waals surface area contributed by atoms with E-state index in [-0.39, 0.29) is 11.4 Å². The second kappa shape index (κ2) is 7.88. The van der Waals surface area contributed by atoms with Crippen LogP contribution in [-0.2, 0) is 10.9 Å². The van der Waals surface area contributed by atoms with Gasteiger partial charge in [0.2, 0.25) is 0 Å². The number of hydrogen-bond donors (Lipinski definition) is 1. The summed E-state index contributed by atoms with van der Waals surface area (Å²) in [7, 11) is 1.67. The third kappa shape index (κ3) is 4.15. The highest BCUT2D eigenvalue weighted by molar-refractivity contribution is 5.82. The summed E-state index contributed by atoms with van der Waals surface area (Å²) in [6.45, 7) is 3.60. The van der Waals surface area contributed by atoms with Crippen molar-refractivity contribution in [2.45, 2.75) is 44.3 Å². The first-order valence-electron chi connectivity index (χ1n) is 8.93. The SMILES string of the molecule is COCCN[C@H]1C[C@@H](C)C[C@H](c2ccc(C(F)(F)F)c3nccnc23)C1. The summed E-state index contributed by atoms with van der Waals surface area (Å²) in [5.41, 5.74) is 0.464. The molecule has 0 unspecified atom stereocenters. The first-order chi connectivity index (χ1) is 12.4. The van der Waals surface area contributed by atoms with E-state index in [1.165, 1.54) is 12.4 Å². The van der Waals surface area contributed by atoms with Crippen LogP contribution in [-0.4, -0.2) is 36.3 Å². The van der Waals surface area contributed by atoms with Crippen LogP contribution in [0.1, 0.15) is 43.2 Å². The van der Waals surface area contributed by atoms with E-state index in [1.807, 2.05) is 0 Å². The molecule has 1 aromatic carbocycles. The quantitative estimate of drug-likeness (QED) is 0.807. The zero-order valence-electron chi connectivity index (χ0n) is 15.0. The molecule has 0 radical (unpaired) electrons. The fourth-order valence-electron chi connectivity index (χ4n) is 4.02. The van der Waals surface area contributed by atoms with Crippen molar-refractivity contribution in [3.8, 4) is 0 Å². The van der Waals surface area contributed by atoms with Crippen LogP contribution in [0.4, 0.5) is 13.2 Å². The van der Waals surface area contributed by atoms with Gasteiger partial charge in [0, 0.05) is 32.1 Å².